The summed E-state index contributed by atoms with van der Waals surface area (Å²) in [7, 11) is 0. The molecule has 2 heteroatoms. The van der Waals surface area contributed by atoms with Crippen molar-refractivity contribution in [3.63, 3.8) is 0 Å². The molecule has 0 aliphatic heterocycles. The molecule has 84 valence electrons. The van der Waals surface area contributed by atoms with E-state index >= 15 is 0 Å². The van der Waals surface area contributed by atoms with Crippen LogP contribution >= 0.6 is 0 Å². The van der Waals surface area contributed by atoms with E-state index < -0.39 is 0 Å². The van der Waals surface area contributed by atoms with Crippen LogP contribution in [0.15, 0.2) is 24.3 Å². The van der Waals surface area contributed by atoms with Crippen molar-refractivity contribution in [1.82, 2.24) is 4.90 Å². The lowest BCUT2D eigenvalue weighted by molar-refractivity contribution is 0.222. The summed E-state index contributed by atoms with van der Waals surface area (Å²) < 4.78 is 0. The van der Waals surface area contributed by atoms with E-state index in [4.69, 9.17) is 5.73 Å². The van der Waals surface area contributed by atoms with E-state index in [1.54, 1.807) is 0 Å². The molecule has 0 aliphatic carbocycles. The number of anilines is 1. The highest BCUT2D eigenvalue weighted by Crippen LogP contribution is 2.21. The Morgan fingerprint density at radius 1 is 1.33 bits per heavy atom. The van der Waals surface area contributed by atoms with Gasteiger partial charge in [-0.15, -0.1) is 0 Å². The minimum Gasteiger partial charge on any atom is -0.399 e. The number of nitrogens with zero attached hydrogens (tertiary/aromatic N) is 1. The molecule has 1 atom stereocenters. The molecule has 1 rings (SSSR count). The first kappa shape index (κ1) is 12.1. The SMILES string of the molecule is CCCN(CC)C(C)c1cccc(N)c1. The van der Waals surface area contributed by atoms with Crippen LogP contribution in [0.2, 0.25) is 0 Å². The Balaban J connectivity index is 2.77. The van der Waals surface area contributed by atoms with Gasteiger partial charge >= 0.3 is 0 Å². The molecule has 0 saturated carbocycles. The topological polar surface area (TPSA) is 29.3 Å². The fraction of sp³-hybridized carbons (Fsp3) is 0.538. The molecule has 0 radical (unpaired) electrons. The Bertz CT molecular complexity index is 296. The molecule has 2 N–H and O–H groups in total. The van der Waals surface area contributed by atoms with Crippen LogP contribution in [-0.4, -0.2) is 18.0 Å². The van der Waals surface area contributed by atoms with E-state index in [0.717, 1.165) is 18.8 Å². The molecule has 0 fully saturated rings. The van der Waals surface area contributed by atoms with Crippen molar-refractivity contribution in [1.29, 1.82) is 0 Å². The average molecular weight is 206 g/mol. The normalized spacial score (nSPS) is 13.1. The highest BCUT2D eigenvalue weighted by molar-refractivity contribution is 5.41. The Labute approximate surface area is 93.1 Å². The molecule has 0 spiro atoms. The molecule has 2 nitrogen and oxygen atoms in total. The van der Waals surface area contributed by atoms with Crippen molar-refractivity contribution in [3.05, 3.63) is 29.8 Å². The molecular weight excluding hydrogens is 184 g/mol. The van der Waals surface area contributed by atoms with Gasteiger partial charge in [0, 0.05) is 11.7 Å². The molecule has 15 heavy (non-hydrogen) atoms. The van der Waals surface area contributed by atoms with Crippen molar-refractivity contribution in [2.75, 3.05) is 18.8 Å². The number of hydrogen-bond acceptors (Lipinski definition) is 2. The summed E-state index contributed by atoms with van der Waals surface area (Å²) in [5, 5.41) is 0. The van der Waals surface area contributed by atoms with Crippen LogP contribution in [-0.2, 0) is 0 Å². The van der Waals surface area contributed by atoms with E-state index in [-0.39, 0.29) is 0 Å². The lowest BCUT2D eigenvalue weighted by atomic mass is 10.1. The van der Waals surface area contributed by atoms with Crippen LogP contribution in [0, 0.1) is 0 Å². The van der Waals surface area contributed by atoms with Crippen LogP contribution in [0.3, 0.4) is 0 Å². The van der Waals surface area contributed by atoms with Crippen LogP contribution < -0.4 is 5.73 Å². The third-order valence-electron chi connectivity index (χ3n) is 2.86. The highest BCUT2D eigenvalue weighted by atomic mass is 15.1. The first-order chi connectivity index (χ1) is 7.19. The van der Waals surface area contributed by atoms with Crippen molar-refractivity contribution in [3.8, 4) is 0 Å². The van der Waals surface area contributed by atoms with E-state index in [9.17, 15) is 0 Å². The Morgan fingerprint density at radius 2 is 2.07 bits per heavy atom. The molecule has 0 aliphatic rings. The predicted molar refractivity (Wildman–Crippen MR) is 66.8 cm³/mol. The second-order valence-corrected chi connectivity index (χ2v) is 3.97. The van der Waals surface area contributed by atoms with Crippen molar-refractivity contribution in [2.45, 2.75) is 33.2 Å². The first-order valence-corrected chi connectivity index (χ1v) is 5.78. The second kappa shape index (κ2) is 5.76. The lowest BCUT2D eigenvalue weighted by Crippen LogP contribution is -2.27. The summed E-state index contributed by atoms with van der Waals surface area (Å²) >= 11 is 0. The number of benzene rings is 1. The molecule has 0 amide bonds. The first-order valence-electron chi connectivity index (χ1n) is 5.78. The Morgan fingerprint density at radius 3 is 2.60 bits per heavy atom. The monoisotopic (exact) mass is 206 g/mol. The van der Waals surface area contributed by atoms with Gasteiger partial charge in [-0.3, -0.25) is 4.90 Å². The molecule has 0 aromatic heterocycles. The molecule has 1 aromatic rings. The maximum Gasteiger partial charge on any atom is 0.0320 e. The summed E-state index contributed by atoms with van der Waals surface area (Å²) in [6.07, 6.45) is 1.19. The average Bonchev–Trinajstić information content (AvgIpc) is 2.25. The third-order valence-corrected chi connectivity index (χ3v) is 2.86. The van der Waals surface area contributed by atoms with Crippen molar-refractivity contribution >= 4 is 5.69 Å². The number of rotatable bonds is 5. The lowest BCUT2D eigenvalue weighted by Gasteiger charge is -2.27. The molecule has 0 saturated heterocycles. The minimum absolute atomic E-state index is 0.457. The van der Waals surface area contributed by atoms with E-state index in [1.165, 1.54) is 12.0 Å². The summed E-state index contributed by atoms with van der Waals surface area (Å²) in [6, 6.07) is 8.65. The van der Waals surface area contributed by atoms with Crippen LogP contribution in [0.4, 0.5) is 5.69 Å². The minimum atomic E-state index is 0.457. The largest absolute Gasteiger partial charge is 0.399 e. The van der Waals surface area contributed by atoms with Crippen LogP contribution in [0.25, 0.3) is 0 Å². The van der Waals surface area contributed by atoms with Crippen molar-refractivity contribution < 1.29 is 0 Å². The van der Waals surface area contributed by atoms with Gasteiger partial charge in [0.15, 0.2) is 0 Å². The van der Waals surface area contributed by atoms with Gasteiger partial charge in [0.1, 0.15) is 0 Å². The maximum atomic E-state index is 5.79. The summed E-state index contributed by atoms with van der Waals surface area (Å²) in [5.74, 6) is 0. The molecule has 1 aromatic carbocycles. The number of nitrogens with two attached hydrogens (primary N) is 1. The fourth-order valence-corrected chi connectivity index (χ4v) is 1.94. The van der Waals surface area contributed by atoms with Gasteiger partial charge in [-0.25, -0.2) is 0 Å². The Kier molecular flexibility index (Phi) is 4.63. The maximum absolute atomic E-state index is 5.79. The highest BCUT2D eigenvalue weighted by Gasteiger charge is 2.12. The van der Waals surface area contributed by atoms with Gasteiger partial charge in [0.2, 0.25) is 0 Å². The molecule has 0 heterocycles. The fourth-order valence-electron chi connectivity index (χ4n) is 1.94. The van der Waals surface area contributed by atoms with Gasteiger partial charge in [-0.2, -0.15) is 0 Å². The van der Waals surface area contributed by atoms with E-state index in [1.807, 2.05) is 12.1 Å². The zero-order chi connectivity index (χ0) is 11.3. The number of hydrogen-bond donors (Lipinski definition) is 1. The number of nitrogen functional groups attached to an aromatic ring is 1. The third kappa shape index (κ3) is 3.24. The second-order valence-electron chi connectivity index (χ2n) is 3.97. The van der Waals surface area contributed by atoms with Crippen molar-refractivity contribution in [2.24, 2.45) is 0 Å². The van der Waals surface area contributed by atoms with Crippen LogP contribution in [0.5, 0.6) is 0 Å². The zero-order valence-electron chi connectivity index (χ0n) is 10.0. The van der Waals surface area contributed by atoms with Gasteiger partial charge < -0.3 is 5.73 Å². The standard InChI is InChI=1S/C13H22N2/c1-4-9-15(5-2)11(3)12-7-6-8-13(14)10-12/h6-8,10-11H,4-5,9,14H2,1-3H3. The van der Waals surface area contributed by atoms with E-state index in [0.29, 0.717) is 6.04 Å². The van der Waals surface area contributed by atoms with Gasteiger partial charge in [0.05, 0.1) is 0 Å². The van der Waals surface area contributed by atoms with Gasteiger partial charge in [-0.05, 0) is 44.1 Å². The van der Waals surface area contributed by atoms with E-state index in [2.05, 4.69) is 37.8 Å². The predicted octanol–water partition coefficient (Wildman–Crippen LogP) is 3.06. The summed E-state index contributed by atoms with van der Waals surface area (Å²) in [6.45, 7) is 8.90. The summed E-state index contributed by atoms with van der Waals surface area (Å²) in [4.78, 5) is 2.47. The molecule has 1 unspecified atom stereocenters. The smallest absolute Gasteiger partial charge is 0.0320 e. The quantitative estimate of drug-likeness (QED) is 0.750. The van der Waals surface area contributed by atoms with Crippen LogP contribution in [0.1, 0.15) is 38.8 Å². The molecule has 0 bridgehead atoms. The Hall–Kier alpha value is -1.02. The van der Waals surface area contributed by atoms with Gasteiger partial charge in [0.25, 0.3) is 0 Å². The van der Waals surface area contributed by atoms with Gasteiger partial charge in [-0.1, -0.05) is 26.0 Å². The molecular formula is C13H22N2. The zero-order valence-corrected chi connectivity index (χ0v) is 10.0. The summed E-state index contributed by atoms with van der Waals surface area (Å²) in [5.41, 5.74) is 7.96.